The molecule has 160 valence electrons. The molecule has 31 heavy (non-hydrogen) atoms. The number of rotatable bonds is 4. The second kappa shape index (κ2) is 8.91. The fraction of sp³-hybridized carbons (Fsp3) is 0.227. The van der Waals surface area contributed by atoms with E-state index in [-0.39, 0.29) is 27.3 Å². The molecule has 3 amide bonds. The summed E-state index contributed by atoms with van der Waals surface area (Å²) in [4.78, 5) is 40.8. The molecule has 2 aliphatic rings. The predicted octanol–water partition coefficient (Wildman–Crippen LogP) is 5.06. The molecule has 2 aliphatic heterocycles. The van der Waals surface area contributed by atoms with Gasteiger partial charge in [0.1, 0.15) is 10.7 Å². The summed E-state index contributed by atoms with van der Waals surface area (Å²) in [6.07, 6.45) is 3.18. The maximum absolute atomic E-state index is 12.9. The average Bonchev–Trinajstić information content (AvgIpc) is 2.99. The van der Waals surface area contributed by atoms with E-state index < -0.39 is 11.8 Å². The summed E-state index contributed by atoms with van der Waals surface area (Å²) in [6, 6.07) is 11.2. The van der Waals surface area contributed by atoms with Crippen molar-refractivity contribution in [1.82, 2.24) is 4.90 Å². The second-order valence-electron chi connectivity index (χ2n) is 7.29. The molecule has 4 rings (SSSR count). The third-order valence-corrected chi connectivity index (χ3v) is 6.32. The fourth-order valence-electron chi connectivity index (χ4n) is 3.59. The summed E-state index contributed by atoms with van der Waals surface area (Å²) in [6.45, 7) is 1.53. The van der Waals surface area contributed by atoms with Crippen LogP contribution in [0.15, 0.2) is 53.2 Å². The number of imide groups is 1. The first-order chi connectivity index (χ1) is 14.9. The van der Waals surface area contributed by atoms with Crippen molar-refractivity contribution < 1.29 is 14.4 Å². The van der Waals surface area contributed by atoms with Crippen molar-refractivity contribution in [2.24, 2.45) is 0 Å². The lowest BCUT2D eigenvalue weighted by atomic mass is 10.1. The number of likely N-dealkylation sites (tertiary alicyclic amines) is 1. The number of carbonyl (C=O) groups excluding carboxylic acids is 3. The molecule has 0 atom stereocenters. The largest absolute Gasteiger partial charge is 0.350 e. The van der Waals surface area contributed by atoms with Crippen molar-refractivity contribution >= 4 is 63.9 Å². The van der Waals surface area contributed by atoms with Crippen LogP contribution in [0, 0.1) is 0 Å². The van der Waals surface area contributed by atoms with Crippen LogP contribution < -0.4 is 10.2 Å². The van der Waals surface area contributed by atoms with Gasteiger partial charge in [-0.2, -0.15) is 0 Å². The Balaban J connectivity index is 1.51. The molecule has 0 spiro atoms. The highest BCUT2D eigenvalue weighted by molar-refractivity contribution is 6.53. The number of hydrogen-bond donors (Lipinski definition) is 1. The van der Waals surface area contributed by atoms with E-state index in [2.05, 4.69) is 5.32 Å². The van der Waals surface area contributed by atoms with E-state index in [0.29, 0.717) is 16.3 Å². The molecule has 0 aliphatic carbocycles. The highest BCUT2D eigenvalue weighted by atomic mass is 35.5. The Kier molecular flexibility index (Phi) is 6.23. The van der Waals surface area contributed by atoms with E-state index in [0.717, 1.165) is 37.3 Å². The van der Waals surface area contributed by atoms with Gasteiger partial charge < -0.3 is 10.2 Å². The van der Waals surface area contributed by atoms with Gasteiger partial charge in [0.15, 0.2) is 0 Å². The van der Waals surface area contributed by atoms with Crippen molar-refractivity contribution in [3.05, 3.63) is 68.8 Å². The lowest BCUT2D eigenvalue weighted by Gasteiger charge is -2.26. The van der Waals surface area contributed by atoms with Gasteiger partial charge in [-0.25, -0.2) is 4.90 Å². The fourth-order valence-corrected chi connectivity index (χ4v) is 4.09. The van der Waals surface area contributed by atoms with Gasteiger partial charge >= 0.3 is 0 Å². The summed E-state index contributed by atoms with van der Waals surface area (Å²) in [5.41, 5.74) is 1.31. The number of nitrogens with zero attached hydrogens (tertiary/aromatic N) is 2. The Morgan fingerprint density at radius 2 is 1.52 bits per heavy atom. The maximum Gasteiger partial charge on any atom is 0.283 e. The van der Waals surface area contributed by atoms with Gasteiger partial charge in [-0.05, 0) is 61.7 Å². The van der Waals surface area contributed by atoms with Crippen LogP contribution in [0.25, 0.3) is 0 Å². The molecule has 0 saturated carbocycles. The summed E-state index contributed by atoms with van der Waals surface area (Å²) < 4.78 is 0. The quantitative estimate of drug-likeness (QED) is 0.624. The van der Waals surface area contributed by atoms with Crippen molar-refractivity contribution in [2.75, 3.05) is 23.3 Å². The van der Waals surface area contributed by atoms with Crippen molar-refractivity contribution in [1.29, 1.82) is 0 Å². The van der Waals surface area contributed by atoms with Gasteiger partial charge in [-0.1, -0.05) is 34.8 Å². The monoisotopic (exact) mass is 477 g/mol. The van der Waals surface area contributed by atoms with Crippen molar-refractivity contribution in [2.45, 2.75) is 19.3 Å². The zero-order valence-corrected chi connectivity index (χ0v) is 18.6. The molecular weight excluding hydrogens is 461 g/mol. The Bertz CT molecular complexity index is 1090. The van der Waals surface area contributed by atoms with E-state index >= 15 is 0 Å². The third kappa shape index (κ3) is 4.28. The van der Waals surface area contributed by atoms with Gasteiger partial charge in [-0.3, -0.25) is 14.4 Å². The molecular formula is C22H18Cl3N3O3. The molecule has 1 saturated heterocycles. The molecule has 0 unspecified atom stereocenters. The second-order valence-corrected chi connectivity index (χ2v) is 8.48. The van der Waals surface area contributed by atoms with Gasteiger partial charge in [0.25, 0.3) is 17.7 Å². The third-order valence-electron chi connectivity index (χ3n) is 5.23. The molecule has 9 heteroatoms. The first-order valence-electron chi connectivity index (χ1n) is 9.77. The number of piperidine rings is 1. The van der Waals surface area contributed by atoms with Crippen LogP contribution in [0.5, 0.6) is 0 Å². The molecule has 1 N–H and O–H groups in total. The van der Waals surface area contributed by atoms with Crippen molar-refractivity contribution in [3.8, 4) is 0 Å². The van der Waals surface area contributed by atoms with Crippen LogP contribution in [0.4, 0.5) is 11.4 Å². The Hall–Kier alpha value is -2.54. The number of halogens is 3. The first kappa shape index (κ1) is 21.7. The van der Waals surface area contributed by atoms with E-state index in [1.54, 1.807) is 24.3 Å². The molecule has 0 aromatic heterocycles. The van der Waals surface area contributed by atoms with Gasteiger partial charge in [0.2, 0.25) is 0 Å². The number of anilines is 2. The minimum atomic E-state index is -0.663. The highest BCUT2D eigenvalue weighted by Crippen LogP contribution is 2.33. The van der Waals surface area contributed by atoms with Crippen LogP contribution in [0.1, 0.15) is 29.6 Å². The number of carbonyl (C=O) groups is 3. The molecule has 2 aromatic rings. The normalized spacial score (nSPS) is 16.9. The summed E-state index contributed by atoms with van der Waals surface area (Å²) >= 11 is 18.1. The van der Waals surface area contributed by atoms with E-state index in [4.69, 9.17) is 34.8 Å². The SMILES string of the molecule is O=C(c1ccc(NC2=C(Cl)C(=O)N(c3ccc(Cl)c(Cl)c3)C2=O)cc1)N1CCCCC1. The van der Waals surface area contributed by atoms with Crippen molar-refractivity contribution in [3.63, 3.8) is 0 Å². The van der Waals surface area contributed by atoms with Crippen LogP contribution in [-0.2, 0) is 9.59 Å². The number of hydrogen-bond acceptors (Lipinski definition) is 4. The molecule has 0 radical (unpaired) electrons. The Morgan fingerprint density at radius 1 is 0.839 bits per heavy atom. The summed E-state index contributed by atoms with van der Waals surface area (Å²) in [5, 5.41) is 3.18. The number of nitrogens with one attached hydrogen (secondary N) is 1. The minimum absolute atomic E-state index is 0.0126. The molecule has 2 aromatic carbocycles. The maximum atomic E-state index is 12.9. The molecule has 6 nitrogen and oxygen atoms in total. The highest BCUT2D eigenvalue weighted by Gasteiger charge is 2.39. The molecule has 1 fully saturated rings. The summed E-state index contributed by atoms with van der Waals surface area (Å²) in [5.74, 6) is -1.28. The molecule has 0 bridgehead atoms. The van der Waals surface area contributed by atoms with Crippen LogP contribution >= 0.6 is 34.8 Å². The van der Waals surface area contributed by atoms with Gasteiger partial charge in [-0.15, -0.1) is 0 Å². The smallest absolute Gasteiger partial charge is 0.283 e. The van der Waals surface area contributed by atoms with E-state index in [1.807, 2.05) is 4.90 Å². The topological polar surface area (TPSA) is 69.7 Å². The summed E-state index contributed by atoms with van der Waals surface area (Å²) in [7, 11) is 0. The zero-order chi connectivity index (χ0) is 22.1. The number of benzene rings is 2. The lowest BCUT2D eigenvalue weighted by molar-refractivity contribution is -0.120. The van der Waals surface area contributed by atoms with E-state index in [9.17, 15) is 14.4 Å². The van der Waals surface area contributed by atoms with Gasteiger partial charge in [0, 0.05) is 24.3 Å². The molecule has 2 heterocycles. The standard InChI is InChI=1S/C22H18Cl3N3O3/c23-16-9-8-15(12-17(16)24)28-21(30)18(25)19(22(28)31)26-14-6-4-13(5-7-14)20(29)27-10-2-1-3-11-27/h4-9,12,26H,1-3,10-11H2. The first-order valence-corrected chi connectivity index (χ1v) is 10.9. The minimum Gasteiger partial charge on any atom is -0.350 e. The zero-order valence-electron chi connectivity index (χ0n) is 16.3. The average molecular weight is 479 g/mol. The van der Waals surface area contributed by atoms with Crippen LogP contribution in [-0.4, -0.2) is 35.7 Å². The predicted molar refractivity (Wildman–Crippen MR) is 122 cm³/mol. The Morgan fingerprint density at radius 3 is 2.16 bits per heavy atom. The number of amides is 3. The van der Waals surface area contributed by atoms with Gasteiger partial charge in [0.05, 0.1) is 15.7 Å². The van der Waals surface area contributed by atoms with Crippen LogP contribution in [0.2, 0.25) is 10.0 Å². The lowest BCUT2D eigenvalue weighted by Crippen LogP contribution is -2.35. The Labute approximate surface area is 194 Å². The van der Waals surface area contributed by atoms with E-state index in [1.165, 1.54) is 18.2 Å². The van der Waals surface area contributed by atoms with Crippen LogP contribution in [0.3, 0.4) is 0 Å².